The van der Waals surface area contributed by atoms with Crippen molar-refractivity contribution in [2.45, 2.75) is 33.8 Å². The van der Waals surface area contributed by atoms with Crippen molar-refractivity contribution in [3.63, 3.8) is 0 Å². The molecule has 20 heavy (non-hydrogen) atoms. The van der Waals surface area contributed by atoms with Crippen molar-refractivity contribution < 1.29 is 4.74 Å². The molecule has 1 aliphatic heterocycles. The van der Waals surface area contributed by atoms with E-state index in [2.05, 4.69) is 33.6 Å². The first-order valence-corrected chi connectivity index (χ1v) is 7.60. The lowest BCUT2D eigenvalue weighted by molar-refractivity contribution is 0.0578. The first-order chi connectivity index (χ1) is 9.75. The Morgan fingerprint density at radius 2 is 1.85 bits per heavy atom. The third-order valence-corrected chi connectivity index (χ3v) is 3.10. The molecule has 1 fully saturated rings. The van der Waals surface area contributed by atoms with Crippen LogP contribution in [0.25, 0.3) is 0 Å². The Morgan fingerprint density at radius 3 is 2.40 bits per heavy atom. The van der Waals surface area contributed by atoms with Crippen LogP contribution in [0.5, 0.6) is 0 Å². The molecule has 0 bridgehead atoms. The maximum atomic E-state index is 5.58. The van der Waals surface area contributed by atoms with E-state index in [4.69, 9.17) is 4.74 Å². The molecular formula is C15H28N4O. The Morgan fingerprint density at radius 1 is 1.15 bits per heavy atom. The van der Waals surface area contributed by atoms with Gasteiger partial charge in [-0.1, -0.05) is 13.8 Å². The van der Waals surface area contributed by atoms with Crippen LogP contribution in [0.15, 0.2) is 18.6 Å². The van der Waals surface area contributed by atoms with Crippen LogP contribution in [-0.2, 0) is 4.74 Å². The van der Waals surface area contributed by atoms with E-state index in [1.54, 1.807) is 12.4 Å². The predicted molar refractivity (Wildman–Crippen MR) is 83.1 cm³/mol. The largest absolute Gasteiger partial charge is 0.377 e. The van der Waals surface area contributed by atoms with Crippen LogP contribution in [0.1, 0.15) is 27.7 Å². The van der Waals surface area contributed by atoms with Gasteiger partial charge in [0, 0.05) is 45.1 Å². The van der Waals surface area contributed by atoms with Gasteiger partial charge in [-0.2, -0.15) is 0 Å². The topological polar surface area (TPSA) is 41.5 Å². The summed E-state index contributed by atoms with van der Waals surface area (Å²) in [6, 6.07) is 0. The fourth-order valence-electron chi connectivity index (χ4n) is 2.07. The molecule has 1 aromatic heterocycles. The summed E-state index contributed by atoms with van der Waals surface area (Å²) in [5, 5.41) is 0. The molecule has 1 saturated heterocycles. The highest BCUT2D eigenvalue weighted by Crippen LogP contribution is 2.11. The normalized spacial score (nSPS) is 15.9. The van der Waals surface area contributed by atoms with E-state index in [9.17, 15) is 0 Å². The van der Waals surface area contributed by atoms with Crippen LogP contribution in [0, 0.1) is 0 Å². The quantitative estimate of drug-likeness (QED) is 0.825. The number of hydrogen-bond acceptors (Lipinski definition) is 5. The molecule has 0 aromatic carbocycles. The van der Waals surface area contributed by atoms with Gasteiger partial charge in [0.15, 0.2) is 0 Å². The second-order valence-corrected chi connectivity index (χ2v) is 4.81. The van der Waals surface area contributed by atoms with Gasteiger partial charge in [0.1, 0.15) is 5.82 Å². The van der Waals surface area contributed by atoms with Gasteiger partial charge < -0.3 is 9.64 Å². The molecule has 0 unspecified atom stereocenters. The SMILES string of the molecule is CC.CC(C)OCCN1CCN(c2cnccn2)CC1. The Hall–Kier alpha value is -1.20. The Kier molecular flexibility index (Phi) is 8.14. The maximum Gasteiger partial charge on any atom is 0.147 e. The predicted octanol–water partition coefficient (Wildman–Crippen LogP) is 2.05. The van der Waals surface area contributed by atoms with Crippen molar-refractivity contribution in [1.82, 2.24) is 14.9 Å². The van der Waals surface area contributed by atoms with Gasteiger partial charge in [0.05, 0.1) is 18.9 Å². The summed E-state index contributed by atoms with van der Waals surface area (Å²) in [5.74, 6) is 0.982. The molecule has 5 nitrogen and oxygen atoms in total. The summed E-state index contributed by atoms with van der Waals surface area (Å²) in [7, 11) is 0. The van der Waals surface area contributed by atoms with Crippen LogP contribution in [0.2, 0.25) is 0 Å². The van der Waals surface area contributed by atoms with Crippen LogP contribution >= 0.6 is 0 Å². The lowest BCUT2D eigenvalue weighted by Crippen LogP contribution is -2.47. The summed E-state index contributed by atoms with van der Waals surface area (Å²) >= 11 is 0. The minimum atomic E-state index is 0.325. The van der Waals surface area contributed by atoms with Gasteiger partial charge in [-0.05, 0) is 13.8 Å². The van der Waals surface area contributed by atoms with E-state index in [-0.39, 0.29) is 0 Å². The molecule has 0 atom stereocenters. The van der Waals surface area contributed by atoms with Crippen molar-refractivity contribution in [3.05, 3.63) is 18.6 Å². The van der Waals surface area contributed by atoms with E-state index in [1.165, 1.54) is 0 Å². The van der Waals surface area contributed by atoms with Gasteiger partial charge in [0.25, 0.3) is 0 Å². The average molecular weight is 280 g/mol. The first-order valence-electron chi connectivity index (χ1n) is 7.60. The highest BCUT2D eigenvalue weighted by Gasteiger charge is 2.17. The highest BCUT2D eigenvalue weighted by molar-refractivity contribution is 5.35. The number of piperazine rings is 1. The second kappa shape index (κ2) is 9.66. The zero-order chi connectivity index (χ0) is 14.8. The van der Waals surface area contributed by atoms with Gasteiger partial charge in [-0.25, -0.2) is 4.98 Å². The number of anilines is 1. The Labute approximate surface area is 123 Å². The molecule has 2 rings (SSSR count). The molecule has 0 spiro atoms. The molecule has 0 N–H and O–H groups in total. The van der Waals surface area contributed by atoms with Crippen molar-refractivity contribution in [1.29, 1.82) is 0 Å². The summed E-state index contributed by atoms with van der Waals surface area (Å²) in [5.41, 5.74) is 0. The monoisotopic (exact) mass is 280 g/mol. The molecule has 114 valence electrons. The maximum absolute atomic E-state index is 5.58. The van der Waals surface area contributed by atoms with Crippen LogP contribution in [-0.4, -0.2) is 60.3 Å². The van der Waals surface area contributed by atoms with E-state index >= 15 is 0 Å². The number of hydrogen-bond donors (Lipinski definition) is 0. The van der Waals surface area contributed by atoms with Gasteiger partial charge in [-0.15, -0.1) is 0 Å². The van der Waals surface area contributed by atoms with Crippen molar-refractivity contribution in [2.75, 3.05) is 44.2 Å². The molecule has 2 heterocycles. The summed E-state index contributed by atoms with van der Waals surface area (Å²) in [4.78, 5) is 13.2. The fourth-order valence-corrected chi connectivity index (χ4v) is 2.07. The molecule has 1 aliphatic rings. The third-order valence-electron chi connectivity index (χ3n) is 3.10. The number of aromatic nitrogens is 2. The molecule has 5 heteroatoms. The number of ether oxygens (including phenoxy) is 1. The lowest BCUT2D eigenvalue weighted by Gasteiger charge is -2.35. The minimum absolute atomic E-state index is 0.325. The van der Waals surface area contributed by atoms with E-state index < -0.39 is 0 Å². The zero-order valence-electron chi connectivity index (χ0n) is 13.2. The highest BCUT2D eigenvalue weighted by atomic mass is 16.5. The second-order valence-electron chi connectivity index (χ2n) is 4.81. The van der Waals surface area contributed by atoms with E-state index in [0.717, 1.165) is 45.1 Å². The Balaban J connectivity index is 0.000000956. The van der Waals surface area contributed by atoms with Crippen LogP contribution < -0.4 is 4.90 Å². The standard InChI is InChI=1S/C13H22N4O.C2H6/c1-12(2)18-10-9-16-5-7-17(8-6-16)13-11-14-3-4-15-13;1-2/h3-4,11-12H,5-10H2,1-2H3;1-2H3. The summed E-state index contributed by atoms with van der Waals surface area (Å²) in [6.07, 6.45) is 5.62. The smallest absolute Gasteiger partial charge is 0.147 e. The number of rotatable bonds is 5. The fraction of sp³-hybridized carbons (Fsp3) is 0.733. The average Bonchev–Trinajstić information content (AvgIpc) is 2.50. The van der Waals surface area contributed by atoms with E-state index in [1.807, 2.05) is 20.0 Å². The lowest BCUT2D eigenvalue weighted by atomic mass is 10.3. The summed E-state index contributed by atoms with van der Waals surface area (Å²) < 4.78 is 5.58. The van der Waals surface area contributed by atoms with Gasteiger partial charge in [0.2, 0.25) is 0 Å². The number of nitrogens with zero attached hydrogens (tertiary/aromatic N) is 4. The molecule has 0 saturated carbocycles. The van der Waals surface area contributed by atoms with Crippen LogP contribution in [0.4, 0.5) is 5.82 Å². The van der Waals surface area contributed by atoms with Crippen molar-refractivity contribution in [3.8, 4) is 0 Å². The molecule has 0 aliphatic carbocycles. The Bertz CT molecular complexity index is 337. The van der Waals surface area contributed by atoms with Crippen LogP contribution in [0.3, 0.4) is 0 Å². The minimum Gasteiger partial charge on any atom is -0.377 e. The van der Waals surface area contributed by atoms with Crippen molar-refractivity contribution >= 4 is 5.82 Å². The van der Waals surface area contributed by atoms with Gasteiger partial charge in [-0.3, -0.25) is 9.88 Å². The van der Waals surface area contributed by atoms with Crippen molar-refractivity contribution in [2.24, 2.45) is 0 Å². The first kappa shape index (κ1) is 16.9. The molecule has 0 radical (unpaired) electrons. The molecule has 0 amide bonds. The summed E-state index contributed by atoms with van der Waals surface area (Å²) in [6.45, 7) is 14.2. The molecular weight excluding hydrogens is 252 g/mol. The van der Waals surface area contributed by atoms with Gasteiger partial charge >= 0.3 is 0 Å². The zero-order valence-corrected chi connectivity index (χ0v) is 13.2. The van der Waals surface area contributed by atoms with E-state index in [0.29, 0.717) is 6.10 Å². The molecule has 1 aromatic rings. The third kappa shape index (κ3) is 5.84.